The molecule has 1 aromatic heterocycles. The summed E-state index contributed by atoms with van der Waals surface area (Å²) in [4.78, 5) is 4.39. The molecule has 1 heterocycles. The Kier molecular flexibility index (Phi) is 6.08. The Morgan fingerprint density at radius 3 is 2.50 bits per heavy atom. The normalized spacial score (nSPS) is 11.6. The summed E-state index contributed by atoms with van der Waals surface area (Å²) in [5, 5.41) is 0.591. The fourth-order valence-corrected chi connectivity index (χ4v) is 3.98. The minimum absolute atomic E-state index is 0.0511. The van der Waals surface area contributed by atoms with Crippen molar-refractivity contribution < 1.29 is 8.42 Å². The van der Waals surface area contributed by atoms with Crippen LogP contribution in [0.25, 0.3) is 11.4 Å². The van der Waals surface area contributed by atoms with Gasteiger partial charge in [-0.25, -0.2) is 18.1 Å². The van der Waals surface area contributed by atoms with E-state index >= 15 is 0 Å². The van der Waals surface area contributed by atoms with E-state index in [2.05, 4.69) is 9.71 Å². The molecule has 2 aromatic carbocycles. The first kappa shape index (κ1) is 18.6. The maximum absolute atomic E-state index is 12.2. The number of hydrogen-bond acceptors (Lipinski definition) is 3. The molecule has 0 saturated carbocycles. The van der Waals surface area contributed by atoms with Crippen LogP contribution < -0.4 is 4.72 Å². The second-order valence-corrected chi connectivity index (χ2v) is 8.19. The zero-order valence-electron chi connectivity index (χ0n) is 14.2. The molecule has 0 aliphatic carbocycles. The standard InChI is InChI=1S/C19H20ClN3O2S/c20-18-9-7-16(8-10-18)15-26(24,25)22-11-4-13-23-14-12-21-19(23)17-5-2-1-3-6-17/h1-3,5-10,12,14,22H,4,11,13,15H2. The lowest BCUT2D eigenvalue weighted by Crippen LogP contribution is -2.26. The Hall–Kier alpha value is -2.15. The highest BCUT2D eigenvalue weighted by Crippen LogP contribution is 2.17. The van der Waals surface area contributed by atoms with Crippen molar-refractivity contribution in [2.24, 2.45) is 0 Å². The third-order valence-corrected chi connectivity index (χ3v) is 5.52. The van der Waals surface area contributed by atoms with E-state index in [0.29, 0.717) is 30.1 Å². The smallest absolute Gasteiger partial charge is 0.215 e. The van der Waals surface area contributed by atoms with Crippen LogP contribution in [0.5, 0.6) is 0 Å². The summed E-state index contributed by atoms with van der Waals surface area (Å²) >= 11 is 5.82. The zero-order valence-corrected chi connectivity index (χ0v) is 15.7. The molecular weight excluding hydrogens is 370 g/mol. The lowest BCUT2D eigenvalue weighted by atomic mass is 10.2. The molecule has 0 aliphatic heterocycles. The van der Waals surface area contributed by atoms with E-state index in [-0.39, 0.29) is 5.75 Å². The van der Waals surface area contributed by atoms with Gasteiger partial charge in [0.1, 0.15) is 5.82 Å². The van der Waals surface area contributed by atoms with Crippen molar-refractivity contribution in [3.63, 3.8) is 0 Å². The molecule has 0 fully saturated rings. The van der Waals surface area contributed by atoms with Gasteiger partial charge in [-0.2, -0.15) is 0 Å². The first-order valence-corrected chi connectivity index (χ1v) is 10.3. The number of aryl methyl sites for hydroxylation is 1. The van der Waals surface area contributed by atoms with Gasteiger partial charge in [0.25, 0.3) is 0 Å². The number of rotatable bonds is 8. The number of benzene rings is 2. The monoisotopic (exact) mass is 389 g/mol. The molecule has 5 nitrogen and oxygen atoms in total. The van der Waals surface area contributed by atoms with Gasteiger partial charge < -0.3 is 4.57 Å². The van der Waals surface area contributed by atoms with E-state index in [9.17, 15) is 8.42 Å². The van der Waals surface area contributed by atoms with E-state index in [1.165, 1.54) is 0 Å². The first-order valence-electron chi connectivity index (χ1n) is 8.32. The van der Waals surface area contributed by atoms with Gasteiger partial charge in [0.15, 0.2) is 0 Å². The highest BCUT2D eigenvalue weighted by Gasteiger charge is 2.11. The van der Waals surface area contributed by atoms with Crippen LogP contribution in [0.1, 0.15) is 12.0 Å². The third kappa shape index (κ3) is 5.17. The van der Waals surface area contributed by atoms with E-state index in [4.69, 9.17) is 11.6 Å². The van der Waals surface area contributed by atoms with Crippen LogP contribution in [0.2, 0.25) is 5.02 Å². The summed E-state index contributed by atoms with van der Waals surface area (Å²) in [5.41, 5.74) is 1.75. The van der Waals surface area contributed by atoms with E-state index in [1.54, 1.807) is 30.5 Å². The minimum atomic E-state index is -3.37. The van der Waals surface area contributed by atoms with Crippen molar-refractivity contribution in [3.8, 4) is 11.4 Å². The topological polar surface area (TPSA) is 64.0 Å². The molecule has 0 radical (unpaired) electrons. The summed E-state index contributed by atoms with van der Waals surface area (Å²) in [6.45, 7) is 1.07. The zero-order chi connectivity index (χ0) is 18.4. The molecule has 0 amide bonds. The highest BCUT2D eigenvalue weighted by molar-refractivity contribution is 7.88. The summed E-state index contributed by atoms with van der Waals surface area (Å²) in [6, 6.07) is 16.7. The van der Waals surface area contributed by atoms with Crippen LogP contribution in [0.15, 0.2) is 67.0 Å². The van der Waals surface area contributed by atoms with Crippen molar-refractivity contribution >= 4 is 21.6 Å². The molecule has 0 atom stereocenters. The van der Waals surface area contributed by atoms with Gasteiger partial charge >= 0.3 is 0 Å². The molecule has 26 heavy (non-hydrogen) atoms. The van der Waals surface area contributed by atoms with Crippen LogP contribution in [-0.2, 0) is 22.3 Å². The minimum Gasteiger partial charge on any atom is -0.331 e. The predicted molar refractivity (Wildman–Crippen MR) is 104 cm³/mol. The SMILES string of the molecule is O=S(=O)(Cc1ccc(Cl)cc1)NCCCn1ccnc1-c1ccccc1. The maximum atomic E-state index is 12.2. The van der Waals surface area contributed by atoms with Gasteiger partial charge in [0.2, 0.25) is 10.0 Å². The second kappa shape index (κ2) is 8.49. The fraction of sp³-hybridized carbons (Fsp3) is 0.211. The van der Waals surface area contributed by atoms with Crippen LogP contribution >= 0.6 is 11.6 Å². The fourth-order valence-electron chi connectivity index (χ4n) is 2.67. The molecule has 0 aliphatic rings. The molecular formula is C19H20ClN3O2S. The van der Waals surface area contributed by atoms with Gasteiger partial charge in [0, 0.05) is 36.1 Å². The lowest BCUT2D eigenvalue weighted by molar-refractivity contribution is 0.570. The Labute approximate surface area is 158 Å². The Morgan fingerprint density at radius 2 is 1.77 bits per heavy atom. The third-order valence-electron chi connectivity index (χ3n) is 3.92. The quantitative estimate of drug-likeness (QED) is 0.597. The first-order chi connectivity index (χ1) is 12.5. The average molecular weight is 390 g/mol. The number of hydrogen-bond donors (Lipinski definition) is 1. The molecule has 0 saturated heterocycles. The number of halogens is 1. The molecule has 0 spiro atoms. The van der Waals surface area contributed by atoms with E-state index < -0.39 is 10.0 Å². The van der Waals surface area contributed by atoms with Crippen molar-refractivity contribution in [1.82, 2.24) is 14.3 Å². The van der Waals surface area contributed by atoms with Crippen molar-refractivity contribution in [3.05, 3.63) is 77.6 Å². The average Bonchev–Trinajstić information content (AvgIpc) is 3.10. The lowest BCUT2D eigenvalue weighted by Gasteiger charge is -2.09. The Balaban J connectivity index is 1.51. The number of imidazole rings is 1. The predicted octanol–water partition coefficient (Wildman–Crippen LogP) is 3.71. The molecule has 3 aromatic rings. The van der Waals surface area contributed by atoms with Gasteiger partial charge in [0.05, 0.1) is 5.75 Å². The number of aromatic nitrogens is 2. The number of nitrogens with zero attached hydrogens (tertiary/aromatic N) is 2. The number of sulfonamides is 1. The van der Waals surface area contributed by atoms with Gasteiger partial charge in [-0.15, -0.1) is 0 Å². The van der Waals surface area contributed by atoms with Crippen LogP contribution in [-0.4, -0.2) is 24.5 Å². The molecule has 0 unspecified atom stereocenters. The van der Waals surface area contributed by atoms with Gasteiger partial charge in [-0.3, -0.25) is 0 Å². The highest BCUT2D eigenvalue weighted by atomic mass is 35.5. The van der Waals surface area contributed by atoms with Crippen molar-refractivity contribution in [1.29, 1.82) is 0 Å². The Morgan fingerprint density at radius 1 is 1.04 bits per heavy atom. The molecule has 0 bridgehead atoms. The van der Waals surface area contributed by atoms with Crippen molar-refractivity contribution in [2.45, 2.75) is 18.7 Å². The van der Waals surface area contributed by atoms with Crippen LogP contribution in [0.4, 0.5) is 0 Å². The van der Waals surface area contributed by atoms with Crippen LogP contribution in [0, 0.1) is 0 Å². The summed E-state index contributed by atoms with van der Waals surface area (Å²) in [5.74, 6) is 0.833. The molecule has 3 rings (SSSR count). The molecule has 136 valence electrons. The van der Waals surface area contributed by atoms with Gasteiger partial charge in [-0.1, -0.05) is 54.1 Å². The largest absolute Gasteiger partial charge is 0.331 e. The number of nitrogens with one attached hydrogen (secondary N) is 1. The van der Waals surface area contributed by atoms with E-state index in [0.717, 1.165) is 11.4 Å². The molecule has 7 heteroatoms. The summed E-state index contributed by atoms with van der Waals surface area (Å²) < 4.78 is 29.0. The van der Waals surface area contributed by atoms with E-state index in [1.807, 2.05) is 41.1 Å². The van der Waals surface area contributed by atoms with Crippen molar-refractivity contribution in [2.75, 3.05) is 6.54 Å². The van der Waals surface area contributed by atoms with Crippen LogP contribution in [0.3, 0.4) is 0 Å². The maximum Gasteiger partial charge on any atom is 0.215 e. The molecule has 1 N–H and O–H groups in total. The second-order valence-electron chi connectivity index (χ2n) is 5.94. The summed E-state index contributed by atoms with van der Waals surface area (Å²) in [6.07, 6.45) is 4.34. The Bertz CT molecular complexity index is 938. The van der Waals surface area contributed by atoms with Gasteiger partial charge in [-0.05, 0) is 24.1 Å². The summed E-state index contributed by atoms with van der Waals surface area (Å²) in [7, 11) is -3.37.